The van der Waals surface area contributed by atoms with Crippen molar-refractivity contribution in [3.63, 3.8) is 0 Å². The minimum absolute atomic E-state index is 0.189. The summed E-state index contributed by atoms with van der Waals surface area (Å²) in [6, 6.07) is 0.514. The van der Waals surface area contributed by atoms with Crippen molar-refractivity contribution in [1.82, 2.24) is 10.6 Å². The lowest BCUT2D eigenvalue weighted by Gasteiger charge is -2.31. The van der Waals surface area contributed by atoms with Crippen molar-refractivity contribution in [2.75, 3.05) is 6.54 Å². The first-order chi connectivity index (χ1) is 6.88. The Morgan fingerprint density at radius 1 is 1.47 bits per heavy atom. The lowest BCUT2D eigenvalue weighted by molar-refractivity contribution is 0.0484. The maximum absolute atomic E-state index is 11.5. The number of carbonyl (C=O) groups excluding carboxylic acids is 1. The minimum atomic E-state index is -0.421. The van der Waals surface area contributed by atoms with Gasteiger partial charge in [0.05, 0.1) is 0 Å². The smallest absolute Gasteiger partial charge is 0.407 e. The molecule has 0 aromatic rings. The van der Waals surface area contributed by atoms with Crippen molar-refractivity contribution in [3.05, 3.63) is 0 Å². The highest BCUT2D eigenvalue weighted by Crippen LogP contribution is 2.11. The van der Waals surface area contributed by atoms with Crippen molar-refractivity contribution in [1.29, 1.82) is 0 Å². The van der Waals surface area contributed by atoms with Crippen molar-refractivity contribution in [3.8, 4) is 0 Å². The van der Waals surface area contributed by atoms with Gasteiger partial charge in [-0.15, -0.1) is 0 Å². The van der Waals surface area contributed by atoms with Gasteiger partial charge in [0.15, 0.2) is 0 Å². The highest BCUT2D eigenvalue weighted by molar-refractivity contribution is 5.68. The Kier molecular flexibility index (Phi) is 3.97. The SMILES string of the molecule is C[C@@H]1NCCC[C@@H]1NC(=O)OC(C)(C)C. The first-order valence-corrected chi connectivity index (χ1v) is 5.61. The summed E-state index contributed by atoms with van der Waals surface area (Å²) < 4.78 is 5.21. The molecule has 0 aromatic heterocycles. The van der Waals surface area contributed by atoms with Crippen molar-refractivity contribution >= 4 is 6.09 Å². The van der Waals surface area contributed by atoms with Crippen LogP contribution in [0.5, 0.6) is 0 Å². The predicted molar refractivity (Wildman–Crippen MR) is 59.9 cm³/mol. The molecule has 1 saturated heterocycles. The van der Waals surface area contributed by atoms with Gasteiger partial charge in [-0.3, -0.25) is 0 Å². The Labute approximate surface area is 91.8 Å². The summed E-state index contributed by atoms with van der Waals surface area (Å²) in [6.45, 7) is 8.73. The van der Waals surface area contributed by atoms with E-state index in [-0.39, 0.29) is 12.1 Å². The van der Waals surface area contributed by atoms with Gasteiger partial charge in [-0.1, -0.05) is 0 Å². The van der Waals surface area contributed by atoms with Gasteiger partial charge in [0, 0.05) is 12.1 Å². The van der Waals surface area contributed by atoms with E-state index in [4.69, 9.17) is 4.74 Å². The molecule has 0 aromatic carbocycles. The van der Waals surface area contributed by atoms with E-state index in [0.717, 1.165) is 19.4 Å². The Hall–Kier alpha value is -0.770. The first kappa shape index (κ1) is 12.3. The number of rotatable bonds is 1. The topological polar surface area (TPSA) is 50.4 Å². The third-order valence-electron chi connectivity index (χ3n) is 2.46. The summed E-state index contributed by atoms with van der Waals surface area (Å²) in [7, 11) is 0. The van der Waals surface area contributed by atoms with E-state index in [1.165, 1.54) is 0 Å². The van der Waals surface area contributed by atoms with Crippen LogP contribution in [-0.4, -0.2) is 30.3 Å². The van der Waals surface area contributed by atoms with Gasteiger partial charge < -0.3 is 15.4 Å². The second-order valence-corrected chi connectivity index (χ2v) is 5.14. The summed E-state index contributed by atoms with van der Waals surface area (Å²) in [5.74, 6) is 0. The van der Waals surface area contributed by atoms with Crippen LogP contribution in [0.3, 0.4) is 0 Å². The molecule has 1 fully saturated rings. The molecule has 1 aliphatic rings. The number of carbonyl (C=O) groups is 1. The average molecular weight is 214 g/mol. The lowest BCUT2D eigenvalue weighted by atomic mass is 10.0. The highest BCUT2D eigenvalue weighted by Gasteiger charge is 2.24. The molecule has 0 spiro atoms. The van der Waals surface area contributed by atoms with Crippen molar-refractivity contribution in [2.45, 2.75) is 58.2 Å². The lowest BCUT2D eigenvalue weighted by Crippen LogP contribution is -2.52. The average Bonchev–Trinajstić information content (AvgIpc) is 2.05. The van der Waals surface area contributed by atoms with Gasteiger partial charge in [0.1, 0.15) is 5.60 Å². The second-order valence-electron chi connectivity index (χ2n) is 5.14. The normalized spacial score (nSPS) is 27.2. The van der Waals surface area contributed by atoms with Gasteiger partial charge >= 0.3 is 6.09 Å². The molecular weight excluding hydrogens is 192 g/mol. The number of hydrogen-bond acceptors (Lipinski definition) is 3. The van der Waals surface area contributed by atoms with Crippen LogP contribution in [0.4, 0.5) is 4.79 Å². The summed E-state index contributed by atoms with van der Waals surface area (Å²) in [5, 5.41) is 6.23. The number of amides is 1. The standard InChI is InChI=1S/C11H22N2O2/c1-8-9(6-5-7-12-8)13-10(14)15-11(2,3)4/h8-9,12H,5-7H2,1-4H3,(H,13,14)/t8-,9-/m0/s1. The molecule has 1 aliphatic heterocycles. The Balaban J connectivity index is 2.36. The van der Waals surface area contributed by atoms with E-state index in [9.17, 15) is 4.79 Å². The zero-order chi connectivity index (χ0) is 11.5. The van der Waals surface area contributed by atoms with E-state index in [1.54, 1.807) is 0 Å². The maximum Gasteiger partial charge on any atom is 0.407 e. The largest absolute Gasteiger partial charge is 0.444 e. The Morgan fingerprint density at radius 3 is 2.67 bits per heavy atom. The molecule has 1 amide bonds. The van der Waals surface area contributed by atoms with Crippen LogP contribution in [0, 0.1) is 0 Å². The molecule has 0 aliphatic carbocycles. The highest BCUT2D eigenvalue weighted by atomic mass is 16.6. The molecule has 0 unspecified atom stereocenters. The Morgan fingerprint density at radius 2 is 2.13 bits per heavy atom. The molecule has 0 saturated carbocycles. The van der Waals surface area contributed by atoms with Crippen LogP contribution in [0.2, 0.25) is 0 Å². The van der Waals surface area contributed by atoms with Crippen LogP contribution in [0.1, 0.15) is 40.5 Å². The van der Waals surface area contributed by atoms with E-state index >= 15 is 0 Å². The fourth-order valence-corrected chi connectivity index (χ4v) is 1.70. The van der Waals surface area contributed by atoms with E-state index in [0.29, 0.717) is 6.04 Å². The molecule has 15 heavy (non-hydrogen) atoms. The molecule has 2 N–H and O–H groups in total. The summed E-state index contributed by atoms with van der Waals surface area (Å²) in [6.07, 6.45) is 1.81. The van der Waals surface area contributed by atoms with Crippen molar-refractivity contribution < 1.29 is 9.53 Å². The van der Waals surface area contributed by atoms with Gasteiger partial charge in [0.2, 0.25) is 0 Å². The minimum Gasteiger partial charge on any atom is -0.444 e. The molecule has 0 radical (unpaired) electrons. The maximum atomic E-state index is 11.5. The number of nitrogens with one attached hydrogen (secondary N) is 2. The van der Waals surface area contributed by atoms with Gasteiger partial charge in [-0.2, -0.15) is 0 Å². The number of piperidine rings is 1. The molecule has 2 atom stereocenters. The number of hydrogen-bond donors (Lipinski definition) is 2. The molecule has 4 heteroatoms. The quantitative estimate of drug-likeness (QED) is 0.698. The Bertz CT molecular complexity index is 223. The van der Waals surface area contributed by atoms with Crippen LogP contribution in [0.25, 0.3) is 0 Å². The third-order valence-corrected chi connectivity index (χ3v) is 2.46. The van der Waals surface area contributed by atoms with E-state index in [2.05, 4.69) is 17.6 Å². The summed E-state index contributed by atoms with van der Waals surface area (Å²) >= 11 is 0. The molecular formula is C11H22N2O2. The number of ether oxygens (including phenoxy) is 1. The molecule has 88 valence electrons. The van der Waals surface area contributed by atoms with Crippen LogP contribution >= 0.6 is 0 Å². The summed E-state index contributed by atoms with van der Waals surface area (Å²) in [4.78, 5) is 11.5. The zero-order valence-corrected chi connectivity index (χ0v) is 10.1. The number of alkyl carbamates (subject to hydrolysis) is 1. The van der Waals surface area contributed by atoms with Gasteiger partial charge in [-0.05, 0) is 47.1 Å². The second kappa shape index (κ2) is 4.84. The molecule has 1 rings (SSSR count). The third kappa shape index (κ3) is 4.51. The fourth-order valence-electron chi connectivity index (χ4n) is 1.70. The van der Waals surface area contributed by atoms with E-state index in [1.807, 2.05) is 20.8 Å². The zero-order valence-electron chi connectivity index (χ0n) is 10.1. The summed E-state index contributed by atoms with van der Waals surface area (Å²) in [5.41, 5.74) is -0.421. The van der Waals surface area contributed by atoms with Crippen molar-refractivity contribution in [2.24, 2.45) is 0 Å². The van der Waals surface area contributed by atoms with Gasteiger partial charge in [0.25, 0.3) is 0 Å². The van der Waals surface area contributed by atoms with E-state index < -0.39 is 5.60 Å². The first-order valence-electron chi connectivity index (χ1n) is 5.61. The predicted octanol–water partition coefficient (Wildman–Crippen LogP) is 1.65. The van der Waals surface area contributed by atoms with Crippen LogP contribution in [0.15, 0.2) is 0 Å². The molecule has 4 nitrogen and oxygen atoms in total. The van der Waals surface area contributed by atoms with Crippen LogP contribution < -0.4 is 10.6 Å². The van der Waals surface area contributed by atoms with Crippen LogP contribution in [-0.2, 0) is 4.74 Å². The van der Waals surface area contributed by atoms with Gasteiger partial charge in [-0.25, -0.2) is 4.79 Å². The molecule has 1 heterocycles. The molecule has 0 bridgehead atoms. The fraction of sp³-hybridized carbons (Fsp3) is 0.909. The monoisotopic (exact) mass is 214 g/mol.